The molecule has 13 heteroatoms. The number of piperazine rings is 1. The first kappa shape index (κ1) is 26.0. The van der Waals surface area contributed by atoms with Crippen LogP contribution in [0.2, 0.25) is 5.02 Å². The van der Waals surface area contributed by atoms with Crippen LogP contribution in [0.1, 0.15) is 5.56 Å². The molecular weight excluding hydrogens is 528 g/mol. The third kappa shape index (κ3) is 4.98. The van der Waals surface area contributed by atoms with Gasteiger partial charge in [-0.3, -0.25) is 23.3 Å². The van der Waals surface area contributed by atoms with Crippen LogP contribution in [0.3, 0.4) is 0 Å². The largest absolute Gasteiger partial charge is 0.480 e. The smallest absolute Gasteiger partial charge is 0.407 e. The van der Waals surface area contributed by atoms with Crippen molar-refractivity contribution in [2.24, 2.45) is 0 Å². The Morgan fingerprint density at radius 3 is 2.21 bits per heavy atom. The highest BCUT2D eigenvalue weighted by atomic mass is 35.5. The Bertz CT molecular complexity index is 1670. The van der Waals surface area contributed by atoms with Crippen LogP contribution >= 0.6 is 11.6 Å². The normalized spacial score (nSPS) is 13.7. The van der Waals surface area contributed by atoms with E-state index in [2.05, 4.69) is 4.98 Å². The third-order valence-corrected chi connectivity index (χ3v) is 7.01. The second-order valence-corrected chi connectivity index (χ2v) is 9.49. The summed E-state index contributed by atoms with van der Waals surface area (Å²) in [7, 11) is 0. The van der Waals surface area contributed by atoms with Gasteiger partial charge in [0.1, 0.15) is 6.54 Å². The average molecular weight is 553 g/mol. The number of rotatable bonds is 7. The molecule has 0 saturated carbocycles. The Kier molecular flexibility index (Phi) is 7.11. The molecule has 2 aromatic carbocycles. The fourth-order valence-electron chi connectivity index (χ4n) is 4.76. The molecule has 0 bridgehead atoms. The molecule has 1 aliphatic heterocycles. The number of benzene rings is 2. The predicted octanol–water partition coefficient (Wildman–Crippen LogP) is 2.13. The van der Waals surface area contributed by atoms with Crippen LogP contribution in [0.5, 0.6) is 0 Å². The topological polar surface area (TPSA) is 143 Å². The number of carbonyl (C=O) groups is 2. The number of hydrogen-bond donors (Lipinski definition) is 2. The van der Waals surface area contributed by atoms with E-state index in [-0.39, 0.29) is 49.8 Å². The molecule has 5 rings (SSSR count). The van der Waals surface area contributed by atoms with Crippen LogP contribution in [0.15, 0.2) is 64.2 Å². The minimum atomic E-state index is -1.27. The van der Waals surface area contributed by atoms with E-state index in [1.54, 1.807) is 29.2 Å². The highest BCUT2D eigenvalue weighted by Gasteiger charge is 2.29. The van der Waals surface area contributed by atoms with Gasteiger partial charge >= 0.3 is 17.8 Å². The summed E-state index contributed by atoms with van der Waals surface area (Å²) in [5.74, 6) is -1.00. The number of carboxylic acids is 1. The SMILES string of the molecule is O=C(O)Cn1c(=O)n(CCc2ccccc2)c(=O)c2c1nc(N1CCN(C(=O)O)CC1)n2-c1ccccc1Cl. The van der Waals surface area contributed by atoms with Gasteiger partial charge in [-0.2, -0.15) is 4.98 Å². The first-order valence-electron chi connectivity index (χ1n) is 12.3. The van der Waals surface area contributed by atoms with E-state index in [4.69, 9.17) is 11.6 Å². The molecule has 202 valence electrons. The number of para-hydroxylation sites is 1. The molecule has 2 aromatic heterocycles. The van der Waals surface area contributed by atoms with Crippen molar-refractivity contribution >= 4 is 40.8 Å². The predicted molar refractivity (Wildman–Crippen MR) is 144 cm³/mol. The number of carboxylic acid groups (broad SMARTS) is 2. The van der Waals surface area contributed by atoms with E-state index in [0.29, 0.717) is 17.1 Å². The van der Waals surface area contributed by atoms with E-state index in [0.717, 1.165) is 14.7 Å². The van der Waals surface area contributed by atoms with E-state index in [1.807, 2.05) is 30.3 Å². The van der Waals surface area contributed by atoms with Gasteiger partial charge in [-0.1, -0.05) is 54.1 Å². The highest BCUT2D eigenvalue weighted by Crippen LogP contribution is 2.30. The molecule has 0 radical (unpaired) electrons. The Morgan fingerprint density at radius 1 is 0.897 bits per heavy atom. The molecule has 1 fully saturated rings. The standard InChI is InChI=1S/C26H25ClN6O6/c27-18-8-4-5-9-19(18)33-21-22(28-24(33)29-12-14-30(15-13-29)26(38)39)32(16-20(34)35)25(37)31(23(21)36)11-10-17-6-2-1-3-7-17/h1-9H,10-16H2,(H,34,35)(H,38,39). The molecular formula is C26H25ClN6O6. The minimum absolute atomic E-state index is 0.00711. The summed E-state index contributed by atoms with van der Waals surface area (Å²) in [6.07, 6.45) is -0.662. The number of aliphatic carboxylic acids is 1. The molecule has 3 heterocycles. The average Bonchev–Trinajstić information content (AvgIpc) is 3.32. The van der Waals surface area contributed by atoms with Gasteiger partial charge in [0.05, 0.1) is 10.7 Å². The highest BCUT2D eigenvalue weighted by molar-refractivity contribution is 6.32. The summed E-state index contributed by atoms with van der Waals surface area (Å²) in [6.45, 7) is 0.260. The Labute approximate surface area is 226 Å². The fraction of sp³-hybridized carbons (Fsp3) is 0.269. The molecule has 39 heavy (non-hydrogen) atoms. The van der Waals surface area contributed by atoms with Crippen molar-refractivity contribution in [3.05, 3.63) is 86.0 Å². The second-order valence-electron chi connectivity index (χ2n) is 9.08. The summed E-state index contributed by atoms with van der Waals surface area (Å²) in [4.78, 5) is 58.3. The minimum Gasteiger partial charge on any atom is -0.480 e. The maximum Gasteiger partial charge on any atom is 0.407 e. The van der Waals surface area contributed by atoms with Crippen molar-refractivity contribution in [2.45, 2.75) is 19.5 Å². The Morgan fingerprint density at radius 2 is 1.56 bits per heavy atom. The number of aryl methyl sites for hydroxylation is 1. The lowest BCUT2D eigenvalue weighted by atomic mass is 10.1. The number of nitrogens with zero attached hydrogens (tertiary/aromatic N) is 6. The van der Waals surface area contributed by atoms with Crippen molar-refractivity contribution in [1.29, 1.82) is 0 Å². The van der Waals surface area contributed by atoms with E-state index < -0.39 is 29.9 Å². The molecule has 4 aromatic rings. The van der Waals surface area contributed by atoms with Crippen LogP contribution in [-0.4, -0.2) is 72.0 Å². The van der Waals surface area contributed by atoms with Crippen molar-refractivity contribution in [3.63, 3.8) is 0 Å². The molecule has 12 nitrogen and oxygen atoms in total. The molecule has 1 aliphatic rings. The van der Waals surface area contributed by atoms with Gasteiger partial charge in [-0.05, 0) is 24.1 Å². The zero-order valence-electron chi connectivity index (χ0n) is 20.7. The van der Waals surface area contributed by atoms with Crippen LogP contribution in [-0.2, 0) is 24.3 Å². The number of fused-ring (bicyclic) bond motifs is 1. The van der Waals surface area contributed by atoms with Crippen LogP contribution < -0.4 is 16.1 Å². The number of imidazole rings is 1. The van der Waals surface area contributed by atoms with Gasteiger partial charge in [0.15, 0.2) is 11.2 Å². The van der Waals surface area contributed by atoms with Crippen molar-refractivity contribution in [3.8, 4) is 5.69 Å². The monoisotopic (exact) mass is 552 g/mol. The number of aromatic nitrogens is 4. The number of halogens is 1. The van der Waals surface area contributed by atoms with E-state index in [1.165, 1.54) is 9.47 Å². The Balaban J connectivity index is 1.74. The van der Waals surface area contributed by atoms with Gasteiger partial charge in [-0.15, -0.1) is 0 Å². The molecule has 0 spiro atoms. The van der Waals surface area contributed by atoms with Gasteiger partial charge in [0.2, 0.25) is 5.95 Å². The fourth-order valence-corrected chi connectivity index (χ4v) is 4.98. The summed E-state index contributed by atoms with van der Waals surface area (Å²) >= 11 is 6.56. The third-order valence-electron chi connectivity index (χ3n) is 6.69. The Hall–Kier alpha value is -4.58. The summed E-state index contributed by atoms with van der Waals surface area (Å²) in [6, 6.07) is 16.1. The molecule has 0 atom stereocenters. The second kappa shape index (κ2) is 10.7. The van der Waals surface area contributed by atoms with Gasteiger partial charge in [0, 0.05) is 32.7 Å². The van der Waals surface area contributed by atoms with Gasteiger partial charge < -0.3 is 20.0 Å². The van der Waals surface area contributed by atoms with Crippen LogP contribution in [0.25, 0.3) is 16.9 Å². The molecule has 2 N–H and O–H groups in total. The summed E-state index contributed by atoms with van der Waals surface area (Å²) in [5, 5.41) is 19.3. The van der Waals surface area contributed by atoms with E-state index in [9.17, 15) is 29.4 Å². The first-order valence-corrected chi connectivity index (χ1v) is 12.6. The number of anilines is 1. The van der Waals surface area contributed by atoms with Crippen LogP contribution in [0, 0.1) is 0 Å². The lowest BCUT2D eigenvalue weighted by Crippen LogP contribution is -2.49. The molecule has 1 saturated heterocycles. The molecule has 1 amide bonds. The summed E-state index contributed by atoms with van der Waals surface area (Å²) < 4.78 is 3.54. The summed E-state index contributed by atoms with van der Waals surface area (Å²) in [5.41, 5.74) is -0.159. The van der Waals surface area contributed by atoms with Gasteiger partial charge in [-0.25, -0.2) is 9.59 Å². The quantitative estimate of drug-likeness (QED) is 0.355. The lowest BCUT2D eigenvalue weighted by molar-refractivity contribution is -0.137. The maximum atomic E-state index is 13.9. The van der Waals surface area contributed by atoms with Crippen molar-refractivity contribution < 1.29 is 19.8 Å². The number of hydrogen-bond acceptors (Lipinski definition) is 6. The zero-order valence-corrected chi connectivity index (χ0v) is 21.5. The lowest BCUT2D eigenvalue weighted by Gasteiger charge is -2.34. The van der Waals surface area contributed by atoms with Crippen LogP contribution in [0.4, 0.5) is 10.7 Å². The van der Waals surface area contributed by atoms with Gasteiger partial charge in [0.25, 0.3) is 5.56 Å². The maximum absolute atomic E-state index is 13.9. The zero-order chi connectivity index (χ0) is 27.7. The molecule has 0 unspecified atom stereocenters. The molecule has 0 aliphatic carbocycles. The van der Waals surface area contributed by atoms with E-state index >= 15 is 0 Å². The van der Waals surface area contributed by atoms with Crippen molar-refractivity contribution in [1.82, 2.24) is 23.6 Å². The van der Waals surface area contributed by atoms with Crippen molar-refractivity contribution in [2.75, 3.05) is 31.1 Å². The first-order chi connectivity index (χ1) is 18.8. The number of amides is 1.